The Morgan fingerprint density at radius 1 is 1.20 bits per heavy atom. The van der Waals surface area contributed by atoms with Crippen molar-refractivity contribution in [3.05, 3.63) is 0 Å². The van der Waals surface area contributed by atoms with Gasteiger partial charge in [0.25, 0.3) is 0 Å². The highest BCUT2D eigenvalue weighted by Crippen LogP contribution is 2.34. The molecule has 0 saturated carbocycles. The summed E-state index contributed by atoms with van der Waals surface area (Å²) in [5, 5.41) is 0. The number of sulfonamides is 1. The van der Waals surface area contributed by atoms with Crippen LogP contribution in [0.15, 0.2) is 0 Å². The van der Waals surface area contributed by atoms with Crippen LogP contribution in [0.5, 0.6) is 0 Å². The number of carbonyl (C=O) groups is 2. The average molecular weight is 303 g/mol. The molecule has 114 valence electrons. The zero-order valence-corrected chi connectivity index (χ0v) is 12.9. The third-order valence-electron chi connectivity index (χ3n) is 4.10. The van der Waals surface area contributed by atoms with Crippen LogP contribution in [0.3, 0.4) is 0 Å². The molecule has 0 aliphatic carbocycles. The molecule has 8 heteroatoms. The lowest BCUT2D eigenvalue weighted by molar-refractivity contribution is -0.130. The van der Waals surface area contributed by atoms with Crippen LogP contribution in [0.4, 0.5) is 0 Å². The first kappa shape index (κ1) is 15.2. The Kier molecular flexibility index (Phi) is 3.81. The number of rotatable bonds is 1. The second-order valence-corrected chi connectivity index (χ2v) is 7.95. The van der Waals surface area contributed by atoms with E-state index in [0.29, 0.717) is 32.6 Å². The molecule has 0 radical (unpaired) electrons. The maximum Gasteiger partial charge on any atom is 0.223 e. The lowest BCUT2D eigenvalue weighted by Gasteiger charge is -2.32. The number of likely N-dealkylation sites (tertiary alicyclic amines) is 1. The molecular formula is C12H21N3O4S. The molecule has 7 nitrogen and oxygen atoms in total. The van der Waals surface area contributed by atoms with Crippen molar-refractivity contribution in [2.45, 2.75) is 13.3 Å². The first-order valence-corrected chi connectivity index (χ1v) is 8.42. The van der Waals surface area contributed by atoms with Crippen LogP contribution in [0.1, 0.15) is 13.3 Å². The molecule has 20 heavy (non-hydrogen) atoms. The van der Waals surface area contributed by atoms with Crippen molar-refractivity contribution in [3.8, 4) is 0 Å². The monoisotopic (exact) mass is 303 g/mol. The van der Waals surface area contributed by atoms with Gasteiger partial charge in [0, 0.05) is 58.5 Å². The van der Waals surface area contributed by atoms with E-state index in [1.807, 2.05) is 0 Å². The molecule has 2 rings (SSSR count). The van der Waals surface area contributed by atoms with E-state index in [9.17, 15) is 18.0 Å². The summed E-state index contributed by atoms with van der Waals surface area (Å²) in [6, 6.07) is 0. The van der Waals surface area contributed by atoms with Crippen LogP contribution < -0.4 is 0 Å². The second-order valence-electron chi connectivity index (χ2n) is 5.96. The third-order valence-corrected chi connectivity index (χ3v) is 5.35. The summed E-state index contributed by atoms with van der Waals surface area (Å²) in [5.74, 6) is -0.0782. The first-order valence-electron chi connectivity index (χ1n) is 6.58. The van der Waals surface area contributed by atoms with Gasteiger partial charge in [-0.25, -0.2) is 8.42 Å². The number of amides is 2. The van der Waals surface area contributed by atoms with E-state index in [2.05, 4.69) is 0 Å². The smallest absolute Gasteiger partial charge is 0.223 e. The molecule has 2 fully saturated rings. The molecule has 0 aromatic rings. The Morgan fingerprint density at radius 3 is 2.30 bits per heavy atom. The molecule has 2 heterocycles. The second kappa shape index (κ2) is 5.00. The van der Waals surface area contributed by atoms with Crippen LogP contribution in [0, 0.1) is 5.41 Å². The van der Waals surface area contributed by atoms with Crippen LogP contribution in [-0.4, -0.2) is 80.4 Å². The molecule has 0 N–H and O–H groups in total. The van der Waals surface area contributed by atoms with Gasteiger partial charge in [0.2, 0.25) is 21.8 Å². The van der Waals surface area contributed by atoms with E-state index >= 15 is 0 Å². The predicted molar refractivity (Wildman–Crippen MR) is 73.4 cm³/mol. The molecule has 0 aromatic heterocycles. The fraction of sp³-hybridized carbons (Fsp3) is 0.833. The fourth-order valence-corrected chi connectivity index (χ4v) is 4.01. The zero-order chi connectivity index (χ0) is 15.1. The lowest BCUT2D eigenvalue weighted by Crippen LogP contribution is -2.44. The predicted octanol–water partition coefficient (Wildman–Crippen LogP) is -1.04. The van der Waals surface area contributed by atoms with Crippen molar-refractivity contribution in [3.63, 3.8) is 0 Å². The summed E-state index contributed by atoms with van der Waals surface area (Å²) < 4.78 is 25.1. The summed E-state index contributed by atoms with van der Waals surface area (Å²) in [6.45, 7) is 3.36. The summed E-state index contributed by atoms with van der Waals surface area (Å²) in [7, 11) is -1.62. The summed E-state index contributed by atoms with van der Waals surface area (Å²) in [6.07, 6.45) is 1.46. The fourth-order valence-electron chi connectivity index (χ4n) is 3.09. The van der Waals surface area contributed by atoms with Gasteiger partial charge >= 0.3 is 0 Å². The highest BCUT2D eigenvalue weighted by molar-refractivity contribution is 7.88. The lowest BCUT2D eigenvalue weighted by atomic mass is 9.86. The van der Waals surface area contributed by atoms with E-state index < -0.39 is 15.4 Å². The Hall–Kier alpha value is -1.15. The minimum atomic E-state index is -3.33. The minimum absolute atomic E-state index is 0.00357. The molecular weight excluding hydrogens is 282 g/mol. The Balaban J connectivity index is 2.32. The SMILES string of the molecule is CC(=O)N1CCN(S(C)(=O)=O)CC2(CC(=O)N(C)C2)C1. The Labute approximate surface area is 119 Å². The zero-order valence-electron chi connectivity index (χ0n) is 12.1. The molecule has 1 atom stereocenters. The summed E-state index contributed by atoms with van der Waals surface area (Å²) in [5.41, 5.74) is -0.489. The molecule has 1 spiro atoms. The topological polar surface area (TPSA) is 78.0 Å². The maximum atomic E-state index is 11.8. The van der Waals surface area contributed by atoms with Crippen molar-refractivity contribution in [1.82, 2.24) is 14.1 Å². The van der Waals surface area contributed by atoms with Gasteiger partial charge in [-0.3, -0.25) is 9.59 Å². The van der Waals surface area contributed by atoms with E-state index in [-0.39, 0.29) is 18.4 Å². The van der Waals surface area contributed by atoms with E-state index in [0.717, 1.165) is 0 Å². The minimum Gasteiger partial charge on any atom is -0.345 e. The Bertz CT molecular complexity index is 533. The van der Waals surface area contributed by atoms with E-state index in [4.69, 9.17) is 0 Å². The van der Waals surface area contributed by atoms with E-state index in [1.54, 1.807) is 16.8 Å². The van der Waals surface area contributed by atoms with Crippen molar-refractivity contribution >= 4 is 21.8 Å². The van der Waals surface area contributed by atoms with Crippen LogP contribution in [0.2, 0.25) is 0 Å². The van der Waals surface area contributed by atoms with Crippen molar-refractivity contribution in [1.29, 1.82) is 0 Å². The summed E-state index contributed by atoms with van der Waals surface area (Å²) in [4.78, 5) is 26.8. The molecule has 0 aromatic carbocycles. The van der Waals surface area contributed by atoms with Crippen LogP contribution in [-0.2, 0) is 19.6 Å². The largest absolute Gasteiger partial charge is 0.345 e. The van der Waals surface area contributed by atoms with Gasteiger partial charge in [-0.2, -0.15) is 4.31 Å². The molecule has 2 aliphatic rings. The number of nitrogens with zero attached hydrogens (tertiary/aromatic N) is 3. The summed E-state index contributed by atoms with van der Waals surface area (Å²) >= 11 is 0. The normalized spacial score (nSPS) is 29.1. The van der Waals surface area contributed by atoms with Crippen LogP contribution >= 0.6 is 0 Å². The van der Waals surface area contributed by atoms with Gasteiger partial charge in [0.1, 0.15) is 0 Å². The van der Waals surface area contributed by atoms with Gasteiger partial charge in [0.15, 0.2) is 0 Å². The van der Waals surface area contributed by atoms with Gasteiger partial charge in [-0.1, -0.05) is 0 Å². The molecule has 2 aliphatic heterocycles. The van der Waals surface area contributed by atoms with Gasteiger partial charge in [-0.15, -0.1) is 0 Å². The van der Waals surface area contributed by atoms with Crippen molar-refractivity contribution in [2.24, 2.45) is 5.41 Å². The van der Waals surface area contributed by atoms with Crippen molar-refractivity contribution in [2.75, 3.05) is 46.0 Å². The van der Waals surface area contributed by atoms with Gasteiger partial charge in [0.05, 0.1) is 6.26 Å². The number of hydrogen-bond donors (Lipinski definition) is 0. The highest BCUT2D eigenvalue weighted by atomic mass is 32.2. The standard InChI is InChI=1S/C12H21N3O4S/c1-10(16)14-4-5-15(20(3,18)19)9-12(8-14)6-11(17)13(2)7-12/h4-9H2,1-3H3. The number of hydrogen-bond acceptors (Lipinski definition) is 4. The van der Waals surface area contributed by atoms with E-state index in [1.165, 1.54) is 17.5 Å². The van der Waals surface area contributed by atoms with Gasteiger partial charge < -0.3 is 9.80 Å². The Morgan fingerprint density at radius 2 is 1.85 bits per heavy atom. The maximum absolute atomic E-state index is 11.8. The molecule has 1 unspecified atom stereocenters. The first-order chi connectivity index (χ1) is 9.13. The van der Waals surface area contributed by atoms with Gasteiger partial charge in [-0.05, 0) is 0 Å². The average Bonchev–Trinajstić information content (AvgIpc) is 2.48. The van der Waals surface area contributed by atoms with Crippen molar-refractivity contribution < 1.29 is 18.0 Å². The quantitative estimate of drug-likeness (QED) is 0.620. The molecule has 2 saturated heterocycles. The molecule has 2 amide bonds. The molecule has 0 bridgehead atoms. The number of carbonyl (C=O) groups excluding carboxylic acids is 2. The highest BCUT2D eigenvalue weighted by Gasteiger charge is 2.47. The van der Waals surface area contributed by atoms with Crippen LogP contribution in [0.25, 0.3) is 0 Å². The third kappa shape index (κ3) is 2.95.